The molecule has 0 aliphatic heterocycles. The monoisotopic (exact) mass is 405 g/mol. The first kappa shape index (κ1) is 21.6. The van der Waals surface area contributed by atoms with Crippen LogP contribution in [0.1, 0.15) is 61.9 Å². The molecule has 28 heavy (non-hydrogen) atoms. The number of esters is 1. The Morgan fingerprint density at radius 2 is 1.68 bits per heavy atom. The number of aromatic nitrogens is 1. The van der Waals surface area contributed by atoms with Crippen LogP contribution in [0.25, 0.3) is 0 Å². The maximum atomic E-state index is 12.6. The van der Waals surface area contributed by atoms with Gasteiger partial charge in [-0.2, -0.15) is 0 Å². The lowest BCUT2D eigenvalue weighted by Gasteiger charge is -2.12. The summed E-state index contributed by atoms with van der Waals surface area (Å²) in [7, 11) is -3.17. The third-order valence-electron chi connectivity index (χ3n) is 4.31. The van der Waals surface area contributed by atoms with Crippen molar-refractivity contribution in [1.82, 2.24) is 4.98 Å². The highest BCUT2D eigenvalue weighted by Crippen LogP contribution is 2.21. The zero-order chi connectivity index (χ0) is 21.2. The van der Waals surface area contributed by atoms with E-state index < -0.39 is 27.7 Å². The zero-order valence-electron chi connectivity index (χ0n) is 16.5. The summed E-state index contributed by atoms with van der Waals surface area (Å²) < 4.78 is 27.9. The van der Waals surface area contributed by atoms with Gasteiger partial charge in [0.05, 0.1) is 17.0 Å². The fourth-order valence-corrected chi connectivity index (χ4v) is 3.85. The number of ether oxygens (including phenoxy) is 1. The molecule has 2 rings (SSSR count). The normalized spacial score (nSPS) is 12.5. The molecule has 8 heteroatoms. The van der Waals surface area contributed by atoms with Gasteiger partial charge >= 0.3 is 5.97 Å². The molecule has 0 saturated heterocycles. The summed E-state index contributed by atoms with van der Waals surface area (Å²) in [4.78, 5) is 39.6. The fourth-order valence-electron chi connectivity index (χ4n) is 3.05. The summed E-state index contributed by atoms with van der Waals surface area (Å²) in [6.07, 6.45) is 0.0735. The highest BCUT2D eigenvalue weighted by molar-refractivity contribution is 7.89. The van der Waals surface area contributed by atoms with Crippen LogP contribution in [0.3, 0.4) is 0 Å². The molecule has 1 heterocycles. The first-order valence-corrected chi connectivity index (χ1v) is 10.7. The minimum absolute atomic E-state index is 0.124. The van der Waals surface area contributed by atoms with E-state index in [0.29, 0.717) is 22.4 Å². The van der Waals surface area contributed by atoms with Crippen LogP contribution in [-0.2, 0) is 20.3 Å². The predicted octanol–water partition coefficient (Wildman–Crippen LogP) is 2.81. The average molecular weight is 405 g/mol. The van der Waals surface area contributed by atoms with E-state index >= 15 is 0 Å². The van der Waals surface area contributed by atoms with Gasteiger partial charge in [0.1, 0.15) is 0 Å². The van der Waals surface area contributed by atoms with E-state index in [0.717, 1.165) is 6.26 Å². The van der Waals surface area contributed by atoms with Crippen molar-refractivity contribution in [3.05, 3.63) is 57.9 Å². The fraction of sp³-hybridized carbons (Fsp3) is 0.350. The summed E-state index contributed by atoms with van der Waals surface area (Å²) in [6, 6.07) is 5.97. The molecule has 2 aromatic rings. The molecule has 0 fully saturated rings. The van der Waals surface area contributed by atoms with Gasteiger partial charge in [-0.15, -0.1) is 0 Å². The van der Waals surface area contributed by atoms with Crippen LogP contribution in [0.15, 0.2) is 24.3 Å². The SMILES string of the molecule is CC(=O)c1c(C)[nH]c(C(=O)[C@@H](C)OC(=O)c2ccc(CS(C)(=O)=O)cc2)c1C. The summed E-state index contributed by atoms with van der Waals surface area (Å²) >= 11 is 0. The van der Waals surface area contributed by atoms with Gasteiger partial charge in [-0.25, -0.2) is 13.2 Å². The Morgan fingerprint density at radius 1 is 1.11 bits per heavy atom. The number of carbonyl (C=O) groups is 3. The van der Waals surface area contributed by atoms with E-state index in [1.165, 1.54) is 38.1 Å². The molecule has 7 nitrogen and oxygen atoms in total. The molecule has 0 aliphatic carbocycles. The number of ketones is 2. The maximum absolute atomic E-state index is 12.6. The Labute approximate surface area is 164 Å². The van der Waals surface area contributed by atoms with Crippen LogP contribution in [0, 0.1) is 13.8 Å². The van der Waals surface area contributed by atoms with Crippen LogP contribution < -0.4 is 0 Å². The van der Waals surface area contributed by atoms with Crippen molar-refractivity contribution in [2.45, 2.75) is 39.6 Å². The number of nitrogens with one attached hydrogen (secondary N) is 1. The number of hydrogen-bond donors (Lipinski definition) is 1. The van der Waals surface area contributed by atoms with Crippen molar-refractivity contribution in [3.63, 3.8) is 0 Å². The average Bonchev–Trinajstić information content (AvgIpc) is 2.87. The van der Waals surface area contributed by atoms with Gasteiger partial charge in [-0.05, 0) is 51.0 Å². The van der Waals surface area contributed by atoms with Gasteiger partial charge in [-0.1, -0.05) is 12.1 Å². The number of rotatable bonds is 7. The first-order valence-electron chi connectivity index (χ1n) is 8.62. The zero-order valence-corrected chi connectivity index (χ0v) is 17.3. The summed E-state index contributed by atoms with van der Waals surface area (Å²) in [5.41, 5.74) is 2.59. The topological polar surface area (TPSA) is 110 Å². The van der Waals surface area contributed by atoms with E-state index in [-0.39, 0.29) is 22.8 Å². The number of sulfone groups is 1. The number of hydrogen-bond acceptors (Lipinski definition) is 6. The van der Waals surface area contributed by atoms with E-state index in [2.05, 4.69) is 4.98 Å². The second-order valence-electron chi connectivity index (χ2n) is 6.86. The molecule has 0 radical (unpaired) electrons. The lowest BCUT2D eigenvalue weighted by atomic mass is 10.0. The Hall–Kier alpha value is -2.74. The Balaban J connectivity index is 2.13. The van der Waals surface area contributed by atoms with Crippen molar-refractivity contribution < 1.29 is 27.5 Å². The number of Topliss-reactive ketones (excluding diaryl/α,β-unsaturated/α-hetero) is 2. The minimum atomic E-state index is -3.17. The van der Waals surface area contributed by atoms with Crippen molar-refractivity contribution >= 4 is 27.4 Å². The molecule has 0 unspecified atom stereocenters. The Bertz CT molecular complexity index is 1030. The van der Waals surface area contributed by atoms with Crippen molar-refractivity contribution in [3.8, 4) is 0 Å². The quantitative estimate of drug-likeness (QED) is 0.560. The van der Waals surface area contributed by atoms with Crippen molar-refractivity contribution in [2.75, 3.05) is 6.26 Å². The van der Waals surface area contributed by atoms with Crippen LogP contribution >= 0.6 is 0 Å². The predicted molar refractivity (Wildman–Crippen MR) is 104 cm³/mol. The molecular weight excluding hydrogens is 382 g/mol. The molecular formula is C20H23NO6S. The standard InChI is InChI=1S/C20H23NO6S/c1-11-17(13(3)22)12(2)21-18(11)19(23)14(4)27-20(24)16-8-6-15(7-9-16)10-28(5,25)26/h6-9,14,21H,10H2,1-5H3/t14-/m1/s1. The highest BCUT2D eigenvalue weighted by Gasteiger charge is 2.26. The summed E-state index contributed by atoms with van der Waals surface area (Å²) in [5.74, 6) is -1.40. The number of carbonyl (C=O) groups excluding carboxylic acids is 3. The van der Waals surface area contributed by atoms with Gasteiger partial charge in [0, 0.05) is 17.5 Å². The van der Waals surface area contributed by atoms with Crippen molar-refractivity contribution in [2.24, 2.45) is 0 Å². The van der Waals surface area contributed by atoms with E-state index in [1.54, 1.807) is 13.8 Å². The maximum Gasteiger partial charge on any atom is 0.338 e. The van der Waals surface area contributed by atoms with E-state index in [9.17, 15) is 22.8 Å². The molecule has 0 saturated carbocycles. The molecule has 1 N–H and O–H groups in total. The molecule has 0 spiro atoms. The molecule has 150 valence electrons. The second kappa shape index (κ2) is 8.10. The smallest absolute Gasteiger partial charge is 0.338 e. The number of H-pyrrole nitrogens is 1. The minimum Gasteiger partial charge on any atom is -0.451 e. The van der Waals surface area contributed by atoms with Gasteiger partial charge < -0.3 is 9.72 Å². The summed E-state index contributed by atoms with van der Waals surface area (Å²) in [6.45, 7) is 6.26. The molecule has 0 aliphatic rings. The number of aryl methyl sites for hydroxylation is 1. The van der Waals surface area contributed by atoms with Gasteiger partial charge in [0.15, 0.2) is 21.7 Å². The molecule has 0 bridgehead atoms. The first-order chi connectivity index (χ1) is 12.9. The molecule has 1 aromatic heterocycles. The van der Waals surface area contributed by atoms with Crippen LogP contribution in [0.5, 0.6) is 0 Å². The highest BCUT2D eigenvalue weighted by atomic mass is 32.2. The second-order valence-corrected chi connectivity index (χ2v) is 9.00. The third-order valence-corrected chi connectivity index (χ3v) is 5.17. The van der Waals surface area contributed by atoms with E-state index in [4.69, 9.17) is 4.74 Å². The molecule has 1 aromatic carbocycles. The van der Waals surface area contributed by atoms with Gasteiger partial charge in [-0.3, -0.25) is 9.59 Å². The molecule has 0 amide bonds. The van der Waals surface area contributed by atoms with Crippen LogP contribution in [-0.4, -0.2) is 43.3 Å². The number of benzene rings is 1. The van der Waals surface area contributed by atoms with Gasteiger partial charge in [0.25, 0.3) is 0 Å². The Morgan fingerprint density at radius 3 is 2.14 bits per heavy atom. The third kappa shape index (κ3) is 4.95. The van der Waals surface area contributed by atoms with Gasteiger partial charge in [0.2, 0.25) is 5.78 Å². The lowest BCUT2D eigenvalue weighted by Crippen LogP contribution is -2.25. The van der Waals surface area contributed by atoms with E-state index in [1.807, 2.05) is 0 Å². The lowest BCUT2D eigenvalue weighted by molar-refractivity contribution is 0.0317. The number of aromatic amines is 1. The van der Waals surface area contributed by atoms with Crippen LogP contribution in [0.4, 0.5) is 0 Å². The van der Waals surface area contributed by atoms with Crippen molar-refractivity contribution in [1.29, 1.82) is 0 Å². The van der Waals surface area contributed by atoms with Crippen LogP contribution in [0.2, 0.25) is 0 Å². The largest absolute Gasteiger partial charge is 0.451 e. The molecule has 1 atom stereocenters. The Kier molecular flexibility index (Phi) is 6.23. The summed E-state index contributed by atoms with van der Waals surface area (Å²) in [5, 5.41) is 0.